The SMILES string of the molecule is O=C(OCC1CCN(CC(F)(F)F)CC1)[C@@H]1C[C@@H]1[N+](=O)[O-]. The Balaban J connectivity index is 1.63. The Morgan fingerprint density at radius 1 is 1.33 bits per heavy atom. The number of esters is 1. The summed E-state index contributed by atoms with van der Waals surface area (Å²) in [6, 6.07) is -0.828. The van der Waals surface area contributed by atoms with Gasteiger partial charge in [-0.3, -0.25) is 19.8 Å². The summed E-state index contributed by atoms with van der Waals surface area (Å²) >= 11 is 0. The van der Waals surface area contributed by atoms with Gasteiger partial charge >= 0.3 is 12.1 Å². The highest BCUT2D eigenvalue weighted by molar-refractivity contribution is 5.76. The number of hydrogen-bond donors (Lipinski definition) is 0. The third-order valence-corrected chi connectivity index (χ3v) is 3.90. The maximum atomic E-state index is 12.2. The first-order valence-electron chi connectivity index (χ1n) is 6.85. The standard InChI is InChI=1S/C12H17F3N2O4/c13-12(14,15)7-16-3-1-8(2-4-16)6-21-11(18)9-5-10(9)17(19)20/h8-10H,1-7H2/t9-,10+/m1/s1. The van der Waals surface area contributed by atoms with Crippen molar-refractivity contribution < 1.29 is 27.6 Å². The van der Waals surface area contributed by atoms with Crippen LogP contribution in [0.2, 0.25) is 0 Å². The van der Waals surface area contributed by atoms with Gasteiger partial charge in [0, 0.05) is 11.3 Å². The zero-order valence-electron chi connectivity index (χ0n) is 11.3. The maximum absolute atomic E-state index is 12.2. The minimum absolute atomic E-state index is 0.0336. The maximum Gasteiger partial charge on any atom is 0.401 e. The van der Waals surface area contributed by atoms with Gasteiger partial charge in [-0.15, -0.1) is 0 Å². The highest BCUT2D eigenvalue weighted by Crippen LogP contribution is 2.34. The first-order valence-corrected chi connectivity index (χ1v) is 6.85. The average molecular weight is 310 g/mol. The number of nitrogens with zero attached hydrogens (tertiary/aromatic N) is 2. The Bertz CT molecular complexity index is 408. The molecule has 21 heavy (non-hydrogen) atoms. The van der Waals surface area contributed by atoms with Crippen LogP contribution in [0.25, 0.3) is 0 Å². The van der Waals surface area contributed by atoms with Crippen molar-refractivity contribution >= 4 is 5.97 Å². The predicted molar refractivity (Wildman–Crippen MR) is 65.1 cm³/mol. The molecule has 0 unspecified atom stereocenters. The van der Waals surface area contributed by atoms with Crippen molar-refractivity contribution in [1.29, 1.82) is 0 Å². The van der Waals surface area contributed by atoms with E-state index >= 15 is 0 Å². The van der Waals surface area contributed by atoms with E-state index in [2.05, 4.69) is 0 Å². The molecule has 2 rings (SSSR count). The van der Waals surface area contributed by atoms with Crippen molar-refractivity contribution in [1.82, 2.24) is 4.90 Å². The first kappa shape index (κ1) is 16.0. The highest BCUT2D eigenvalue weighted by atomic mass is 19.4. The lowest BCUT2D eigenvalue weighted by atomic mass is 9.98. The summed E-state index contributed by atoms with van der Waals surface area (Å²) in [6.07, 6.45) is -2.90. The zero-order chi connectivity index (χ0) is 15.6. The van der Waals surface area contributed by atoms with Crippen LogP contribution in [0.3, 0.4) is 0 Å². The van der Waals surface area contributed by atoms with E-state index in [1.54, 1.807) is 0 Å². The van der Waals surface area contributed by atoms with Gasteiger partial charge in [0.25, 0.3) is 0 Å². The predicted octanol–water partition coefficient (Wildman–Crippen LogP) is 1.47. The van der Waals surface area contributed by atoms with Gasteiger partial charge in [-0.2, -0.15) is 13.2 Å². The molecule has 1 aliphatic heterocycles. The topological polar surface area (TPSA) is 72.7 Å². The fourth-order valence-electron chi connectivity index (χ4n) is 2.54. The second-order valence-corrected chi connectivity index (χ2v) is 5.66. The largest absolute Gasteiger partial charge is 0.465 e. The molecule has 1 heterocycles. The second kappa shape index (κ2) is 6.17. The molecule has 0 radical (unpaired) electrons. The van der Waals surface area contributed by atoms with Crippen molar-refractivity contribution in [2.45, 2.75) is 31.5 Å². The average Bonchev–Trinajstić information content (AvgIpc) is 3.16. The molecule has 0 amide bonds. The quantitative estimate of drug-likeness (QED) is 0.437. The van der Waals surface area contributed by atoms with E-state index in [9.17, 15) is 28.1 Å². The Hall–Kier alpha value is -1.38. The molecule has 1 saturated carbocycles. The van der Waals surface area contributed by atoms with Crippen LogP contribution in [0.15, 0.2) is 0 Å². The second-order valence-electron chi connectivity index (χ2n) is 5.66. The molecule has 0 bridgehead atoms. The summed E-state index contributed by atoms with van der Waals surface area (Å²) in [5.74, 6) is -1.18. The van der Waals surface area contributed by atoms with Crippen LogP contribution in [-0.2, 0) is 9.53 Å². The number of carbonyl (C=O) groups is 1. The molecule has 0 aromatic carbocycles. The van der Waals surface area contributed by atoms with E-state index in [4.69, 9.17) is 4.74 Å². The minimum atomic E-state index is -4.19. The van der Waals surface area contributed by atoms with Gasteiger partial charge in [0.2, 0.25) is 6.04 Å². The Morgan fingerprint density at radius 3 is 2.43 bits per heavy atom. The molecule has 9 heteroatoms. The van der Waals surface area contributed by atoms with E-state index in [1.165, 1.54) is 4.90 Å². The number of alkyl halides is 3. The monoisotopic (exact) mass is 310 g/mol. The summed E-state index contributed by atoms with van der Waals surface area (Å²) in [5, 5.41) is 10.4. The molecule has 2 aliphatic rings. The number of nitro groups is 1. The molecule has 1 saturated heterocycles. The molecule has 0 N–H and O–H groups in total. The molecule has 0 aromatic heterocycles. The molecule has 0 aromatic rings. The van der Waals surface area contributed by atoms with Crippen molar-refractivity contribution in [3.63, 3.8) is 0 Å². The smallest absolute Gasteiger partial charge is 0.401 e. The number of hydrogen-bond acceptors (Lipinski definition) is 5. The molecule has 120 valence electrons. The third kappa shape index (κ3) is 4.83. The fraction of sp³-hybridized carbons (Fsp3) is 0.917. The molecule has 0 spiro atoms. The van der Waals surface area contributed by atoms with Crippen LogP contribution >= 0.6 is 0 Å². The lowest BCUT2D eigenvalue weighted by Crippen LogP contribution is -2.41. The molecular weight excluding hydrogens is 293 g/mol. The van der Waals surface area contributed by atoms with Crippen molar-refractivity contribution in [3.05, 3.63) is 10.1 Å². The molecule has 2 atom stereocenters. The van der Waals surface area contributed by atoms with Gasteiger partial charge in [-0.05, 0) is 31.8 Å². The number of carbonyl (C=O) groups excluding carboxylic acids is 1. The highest BCUT2D eigenvalue weighted by Gasteiger charge is 2.54. The van der Waals surface area contributed by atoms with Crippen LogP contribution in [-0.4, -0.2) is 54.3 Å². The van der Waals surface area contributed by atoms with Crippen molar-refractivity contribution in [2.75, 3.05) is 26.2 Å². The van der Waals surface area contributed by atoms with Gasteiger partial charge in [0.1, 0.15) is 5.92 Å². The summed E-state index contributed by atoms with van der Waals surface area (Å²) < 4.78 is 41.7. The number of piperidine rings is 1. The third-order valence-electron chi connectivity index (χ3n) is 3.90. The number of halogens is 3. The molecule has 1 aliphatic carbocycles. The zero-order valence-corrected chi connectivity index (χ0v) is 11.3. The van der Waals surface area contributed by atoms with Gasteiger partial charge in [0.05, 0.1) is 13.2 Å². The number of ether oxygens (including phenoxy) is 1. The van der Waals surface area contributed by atoms with Crippen LogP contribution in [0, 0.1) is 22.0 Å². The Kier molecular flexibility index (Phi) is 4.70. The van der Waals surface area contributed by atoms with E-state index in [-0.39, 0.29) is 18.9 Å². The van der Waals surface area contributed by atoms with Crippen molar-refractivity contribution in [2.24, 2.45) is 11.8 Å². The molecular formula is C12H17F3N2O4. The summed E-state index contributed by atoms with van der Waals surface area (Å²) in [5.41, 5.74) is 0. The molecule has 2 fully saturated rings. The van der Waals surface area contributed by atoms with E-state index < -0.39 is 35.6 Å². The van der Waals surface area contributed by atoms with Gasteiger partial charge in [0.15, 0.2) is 0 Å². The van der Waals surface area contributed by atoms with Crippen molar-refractivity contribution in [3.8, 4) is 0 Å². The van der Waals surface area contributed by atoms with Crippen LogP contribution in [0.5, 0.6) is 0 Å². The minimum Gasteiger partial charge on any atom is -0.465 e. The summed E-state index contributed by atoms with van der Waals surface area (Å²) in [6.45, 7) is -0.128. The summed E-state index contributed by atoms with van der Waals surface area (Å²) in [7, 11) is 0. The van der Waals surface area contributed by atoms with E-state index in [1.807, 2.05) is 0 Å². The fourth-order valence-corrected chi connectivity index (χ4v) is 2.54. The van der Waals surface area contributed by atoms with Crippen LogP contribution in [0.1, 0.15) is 19.3 Å². The summed E-state index contributed by atoms with van der Waals surface area (Å²) in [4.78, 5) is 22.8. The van der Waals surface area contributed by atoms with Crippen LogP contribution < -0.4 is 0 Å². The van der Waals surface area contributed by atoms with E-state index in [0.717, 1.165) is 0 Å². The Morgan fingerprint density at radius 2 is 1.95 bits per heavy atom. The normalized spacial score (nSPS) is 27.4. The van der Waals surface area contributed by atoms with Gasteiger partial charge in [-0.1, -0.05) is 0 Å². The van der Waals surface area contributed by atoms with E-state index in [0.29, 0.717) is 25.9 Å². The van der Waals surface area contributed by atoms with Gasteiger partial charge in [-0.25, -0.2) is 0 Å². The lowest BCUT2D eigenvalue weighted by Gasteiger charge is -2.31. The Labute approximate surface area is 119 Å². The lowest BCUT2D eigenvalue weighted by molar-refractivity contribution is -0.497. The first-order chi connectivity index (χ1) is 9.76. The molecule has 6 nitrogen and oxygen atoms in total. The van der Waals surface area contributed by atoms with Crippen LogP contribution in [0.4, 0.5) is 13.2 Å². The number of rotatable bonds is 5. The van der Waals surface area contributed by atoms with Gasteiger partial charge < -0.3 is 4.74 Å². The number of likely N-dealkylation sites (tertiary alicyclic amines) is 1.